The standard InChI is InChI=1S/C23H25N3O5S/c1-25-22(28)19-12-11-16(14-20(19)23(25)29)24-21(27)15-7-6-10-18(13-15)32(30,31)26(2)17-8-4-3-5-9-17/h6-7,10-14,17H,3-5,8-9H2,1-2H3,(H,24,27). The summed E-state index contributed by atoms with van der Waals surface area (Å²) in [5, 5.41) is 2.68. The Morgan fingerprint density at radius 2 is 1.69 bits per heavy atom. The van der Waals surface area contributed by atoms with Crippen molar-refractivity contribution in [1.82, 2.24) is 9.21 Å². The Bertz CT molecular complexity index is 1200. The topological polar surface area (TPSA) is 104 Å². The lowest BCUT2D eigenvalue weighted by Gasteiger charge is -2.30. The van der Waals surface area contributed by atoms with Gasteiger partial charge in [0.15, 0.2) is 0 Å². The van der Waals surface area contributed by atoms with Crippen LogP contribution in [0, 0.1) is 0 Å². The highest BCUT2D eigenvalue weighted by Gasteiger charge is 2.33. The second kappa shape index (κ2) is 8.48. The molecule has 32 heavy (non-hydrogen) atoms. The zero-order chi connectivity index (χ0) is 23.0. The Labute approximate surface area is 187 Å². The SMILES string of the molecule is CN1C(=O)c2ccc(NC(=O)c3cccc(S(=O)(=O)N(C)C4CCCCC4)c3)cc2C1=O. The molecule has 1 N–H and O–H groups in total. The zero-order valence-corrected chi connectivity index (χ0v) is 18.8. The van der Waals surface area contributed by atoms with Crippen molar-refractivity contribution in [2.45, 2.75) is 43.0 Å². The first kappa shape index (κ1) is 22.2. The van der Waals surface area contributed by atoms with E-state index in [9.17, 15) is 22.8 Å². The summed E-state index contributed by atoms with van der Waals surface area (Å²) in [6, 6.07) is 10.4. The lowest BCUT2D eigenvalue weighted by Crippen LogP contribution is -2.38. The number of rotatable bonds is 5. The molecule has 1 fully saturated rings. The van der Waals surface area contributed by atoms with Crippen LogP contribution in [0.15, 0.2) is 47.4 Å². The number of fused-ring (bicyclic) bond motifs is 1. The smallest absolute Gasteiger partial charge is 0.261 e. The van der Waals surface area contributed by atoms with Crippen molar-refractivity contribution < 1.29 is 22.8 Å². The van der Waals surface area contributed by atoms with E-state index < -0.39 is 21.8 Å². The van der Waals surface area contributed by atoms with E-state index in [0.717, 1.165) is 37.0 Å². The van der Waals surface area contributed by atoms with E-state index >= 15 is 0 Å². The number of nitrogens with one attached hydrogen (secondary N) is 1. The fourth-order valence-electron chi connectivity index (χ4n) is 4.25. The fraction of sp³-hybridized carbons (Fsp3) is 0.348. The molecule has 0 aromatic heterocycles. The van der Waals surface area contributed by atoms with E-state index in [1.165, 1.54) is 47.8 Å². The number of hydrogen-bond acceptors (Lipinski definition) is 5. The van der Waals surface area contributed by atoms with Crippen molar-refractivity contribution in [2.75, 3.05) is 19.4 Å². The predicted octanol–water partition coefficient (Wildman–Crippen LogP) is 3.12. The molecule has 1 saturated carbocycles. The molecule has 0 radical (unpaired) electrons. The van der Waals surface area contributed by atoms with Crippen molar-refractivity contribution in [3.8, 4) is 0 Å². The number of anilines is 1. The van der Waals surface area contributed by atoms with Gasteiger partial charge >= 0.3 is 0 Å². The molecule has 0 unspecified atom stereocenters. The third-order valence-electron chi connectivity index (χ3n) is 6.21. The van der Waals surface area contributed by atoms with Gasteiger partial charge in [-0.3, -0.25) is 19.3 Å². The van der Waals surface area contributed by atoms with E-state index in [0.29, 0.717) is 5.69 Å². The first-order chi connectivity index (χ1) is 15.2. The molecule has 2 aromatic carbocycles. The lowest BCUT2D eigenvalue weighted by atomic mass is 9.96. The van der Waals surface area contributed by atoms with Gasteiger partial charge in [-0.25, -0.2) is 8.42 Å². The molecular formula is C23H25N3O5S. The van der Waals surface area contributed by atoms with Crippen molar-refractivity contribution in [2.24, 2.45) is 0 Å². The van der Waals surface area contributed by atoms with Crippen molar-refractivity contribution >= 4 is 33.4 Å². The highest BCUT2D eigenvalue weighted by atomic mass is 32.2. The highest BCUT2D eigenvalue weighted by molar-refractivity contribution is 7.89. The molecule has 0 bridgehead atoms. The summed E-state index contributed by atoms with van der Waals surface area (Å²) in [7, 11) is -0.732. The molecule has 0 spiro atoms. The van der Waals surface area contributed by atoms with Gasteiger partial charge in [0.25, 0.3) is 17.7 Å². The fourth-order valence-corrected chi connectivity index (χ4v) is 5.71. The third-order valence-corrected chi connectivity index (χ3v) is 8.12. The van der Waals surface area contributed by atoms with Gasteiger partial charge in [-0.05, 0) is 49.2 Å². The van der Waals surface area contributed by atoms with Gasteiger partial charge in [0, 0.05) is 31.4 Å². The molecular weight excluding hydrogens is 430 g/mol. The quantitative estimate of drug-likeness (QED) is 0.698. The molecule has 0 saturated heterocycles. The summed E-state index contributed by atoms with van der Waals surface area (Å²) >= 11 is 0. The van der Waals surface area contributed by atoms with Gasteiger partial charge in [-0.1, -0.05) is 25.3 Å². The second-order valence-electron chi connectivity index (χ2n) is 8.22. The summed E-state index contributed by atoms with van der Waals surface area (Å²) < 4.78 is 27.6. The zero-order valence-electron chi connectivity index (χ0n) is 18.0. The summed E-state index contributed by atoms with van der Waals surface area (Å²) in [5.41, 5.74) is 1.04. The van der Waals surface area contributed by atoms with Gasteiger partial charge in [0.05, 0.1) is 16.0 Å². The largest absolute Gasteiger partial charge is 0.322 e. The van der Waals surface area contributed by atoms with Crippen LogP contribution in [0.1, 0.15) is 63.2 Å². The van der Waals surface area contributed by atoms with Gasteiger partial charge in [-0.2, -0.15) is 4.31 Å². The Morgan fingerprint density at radius 3 is 2.41 bits per heavy atom. The van der Waals surface area contributed by atoms with Crippen molar-refractivity contribution in [3.05, 3.63) is 59.2 Å². The molecule has 1 aliphatic carbocycles. The van der Waals surface area contributed by atoms with E-state index in [-0.39, 0.29) is 33.5 Å². The normalized spacial score (nSPS) is 17.0. The van der Waals surface area contributed by atoms with Crippen LogP contribution in [0.5, 0.6) is 0 Å². The van der Waals surface area contributed by atoms with Crippen LogP contribution < -0.4 is 5.32 Å². The average molecular weight is 456 g/mol. The van der Waals surface area contributed by atoms with Crippen molar-refractivity contribution in [1.29, 1.82) is 0 Å². The number of carbonyl (C=O) groups is 3. The van der Waals surface area contributed by atoms with Crippen LogP contribution in [0.3, 0.4) is 0 Å². The summed E-state index contributed by atoms with van der Waals surface area (Å²) in [6.07, 6.45) is 4.82. The number of imide groups is 1. The minimum Gasteiger partial charge on any atom is -0.322 e. The molecule has 2 aromatic rings. The molecule has 2 aliphatic rings. The predicted molar refractivity (Wildman–Crippen MR) is 119 cm³/mol. The number of carbonyl (C=O) groups excluding carboxylic acids is 3. The van der Waals surface area contributed by atoms with Crippen LogP contribution in [-0.2, 0) is 10.0 Å². The molecule has 8 nitrogen and oxygen atoms in total. The number of nitrogens with zero attached hydrogens (tertiary/aromatic N) is 2. The van der Waals surface area contributed by atoms with Gasteiger partial charge in [0.2, 0.25) is 10.0 Å². The van der Waals surface area contributed by atoms with E-state index in [1.54, 1.807) is 13.1 Å². The molecule has 1 heterocycles. The van der Waals surface area contributed by atoms with Crippen LogP contribution >= 0.6 is 0 Å². The maximum Gasteiger partial charge on any atom is 0.261 e. The lowest BCUT2D eigenvalue weighted by molar-refractivity contribution is 0.0692. The molecule has 9 heteroatoms. The number of hydrogen-bond donors (Lipinski definition) is 1. The van der Waals surface area contributed by atoms with Gasteiger partial charge < -0.3 is 5.32 Å². The van der Waals surface area contributed by atoms with Gasteiger partial charge in [0.1, 0.15) is 0 Å². The molecule has 3 amide bonds. The minimum absolute atomic E-state index is 0.0315. The Hall–Kier alpha value is -3.04. The third kappa shape index (κ3) is 3.93. The van der Waals surface area contributed by atoms with E-state index in [2.05, 4.69) is 5.32 Å². The van der Waals surface area contributed by atoms with E-state index in [4.69, 9.17) is 0 Å². The van der Waals surface area contributed by atoms with Crippen LogP contribution in [0.4, 0.5) is 5.69 Å². The van der Waals surface area contributed by atoms with Crippen LogP contribution in [0.2, 0.25) is 0 Å². The summed E-state index contributed by atoms with van der Waals surface area (Å²) in [4.78, 5) is 38.1. The Balaban J connectivity index is 1.54. The first-order valence-electron chi connectivity index (χ1n) is 10.6. The molecule has 0 atom stereocenters. The molecule has 168 valence electrons. The maximum atomic E-state index is 13.1. The minimum atomic E-state index is -3.73. The average Bonchev–Trinajstić information content (AvgIpc) is 3.02. The monoisotopic (exact) mass is 455 g/mol. The summed E-state index contributed by atoms with van der Waals surface area (Å²) in [5.74, 6) is -1.32. The van der Waals surface area contributed by atoms with Crippen LogP contribution in [-0.4, -0.2) is 55.5 Å². The summed E-state index contributed by atoms with van der Waals surface area (Å²) in [6.45, 7) is 0. The first-order valence-corrected chi connectivity index (χ1v) is 12.0. The van der Waals surface area contributed by atoms with Crippen LogP contribution in [0.25, 0.3) is 0 Å². The number of amides is 3. The number of sulfonamides is 1. The Kier molecular flexibility index (Phi) is 5.87. The number of benzene rings is 2. The molecule has 4 rings (SSSR count). The van der Waals surface area contributed by atoms with Crippen molar-refractivity contribution in [3.63, 3.8) is 0 Å². The van der Waals surface area contributed by atoms with E-state index in [1.807, 2.05) is 0 Å². The molecule has 1 aliphatic heterocycles. The highest BCUT2D eigenvalue weighted by Crippen LogP contribution is 2.28. The van der Waals surface area contributed by atoms with Gasteiger partial charge in [-0.15, -0.1) is 0 Å². The maximum absolute atomic E-state index is 13.1. The Morgan fingerprint density at radius 1 is 1.00 bits per heavy atom. The second-order valence-corrected chi connectivity index (χ2v) is 10.2.